The molecule has 1 aliphatic carbocycles. The smallest absolute Gasteiger partial charge is 0.226 e. The Bertz CT molecular complexity index is 364. The van der Waals surface area contributed by atoms with Crippen LogP contribution >= 0.6 is 0 Å². The monoisotopic (exact) mass is 252 g/mol. The summed E-state index contributed by atoms with van der Waals surface area (Å²) in [5.41, 5.74) is 0.640. The van der Waals surface area contributed by atoms with Gasteiger partial charge in [0.25, 0.3) is 0 Å². The first-order chi connectivity index (χ1) is 8.79. The van der Waals surface area contributed by atoms with E-state index in [0.717, 1.165) is 25.7 Å². The van der Waals surface area contributed by atoms with Crippen LogP contribution in [0.25, 0.3) is 0 Å². The van der Waals surface area contributed by atoms with Crippen molar-refractivity contribution in [3.63, 3.8) is 0 Å². The molecular weight excluding hydrogens is 232 g/mol. The van der Waals surface area contributed by atoms with Crippen LogP contribution in [0.2, 0.25) is 0 Å². The summed E-state index contributed by atoms with van der Waals surface area (Å²) in [6.07, 6.45) is 7.09. The minimum atomic E-state index is -0.0470. The highest BCUT2D eigenvalue weighted by atomic mass is 16.5. The number of rotatable bonds is 4. The standard InChI is InChI=1S/C13H20N2O3/c16-9-10-4-2-1-3-5-12(10)14-13(17)8-11-6-7-18-15-11/h6-7,10,12,16H,1-5,8-9H2,(H,14,17)/t10-,12+/m0/s1. The lowest BCUT2D eigenvalue weighted by atomic mass is 9.95. The van der Waals surface area contributed by atoms with E-state index in [4.69, 9.17) is 4.52 Å². The molecule has 5 nitrogen and oxygen atoms in total. The average molecular weight is 252 g/mol. The second kappa shape index (κ2) is 6.54. The van der Waals surface area contributed by atoms with E-state index in [1.165, 1.54) is 12.7 Å². The van der Waals surface area contributed by atoms with Gasteiger partial charge in [-0.3, -0.25) is 4.79 Å². The van der Waals surface area contributed by atoms with E-state index in [1.807, 2.05) is 0 Å². The van der Waals surface area contributed by atoms with E-state index in [1.54, 1.807) is 6.07 Å². The van der Waals surface area contributed by atoms with E-state index in [0.29, 0.717) is 5.69 Å². The molecule has 2 rings (SSSR count). The number of aliphatic hydroxyl groups excluding tert-OH is 1. The Labute approximate surface area is 107 Å². The van der Waals surface area contributed by atoms with Gasteiger partial charge < -0.3 is 14.9 Å². The van der Waals surface area contributed by atoms with Gasteiger partial charge >= 0.3 is 0 Å². The van der Waals surface area contributed by atoms with Gasteiger partial charge in [0.15, 0.2) is 0 Å². The maximum absolute atomic E-state index is 11.9. The highest BCUT2D eigenvalue weighted by Gasteiger charge is 2.24. The lowest BCUT2D eigenvalue weighted by molar-refractivity contribution is -0.121. The zero-order chi connectivity index (χ0) is 12.8. The molecule has 2 N–H and O–H groups in total. The molecule has 0 radical (unpaired) electrons. The molecule has 1 aromatic heterocycles. The Morgan fingerprint density at radius 3 is 3.00 bits per heavy atom. The van der Waals surface area contributed by atoms with E-state index in [9.17, 15) is 9.90 Å². The summed E-state index contributed by atoms with van der Waals surface area (Å²) >= 11 is 0. The van der Waals surface area contributed by atoms with Crippen LogP contribution in [-0.2, 0) is 11.2 Å². The van der Waals surface area contributed by atoms with Crippen LogP contribution in [0.4, 0.5) is 0 Å². The SMILES string of the molecule is O=C(Cc1ccon1)N[C@@H]1CCCCC[C@H]1CO. The van der Waals surface area contributed by atoms with Gasteiger partial charge in [0, 0.05) is 24.6 Å². The number of nitrogens with zero attached hydrogens (tertiary/aromatic N) is 1. The van der Waals surface area contributed by atoms with Crippen molar-refractivity contribution in [1.29, 1.82) is 0 Å². The van der Waals surface area contributed by atoms with Crippen molar-refractivity contribution in [2.75, 3.05) is 6.61 Å². The number of carbonyl (C=O) groups excluding carboxylic acids is 1. The van der Waals surface area contributed by atoms with Gasteiger partial charge in [0.05, 0.1) is 12.1 Å². The van der Waals surface area contributed by atoms with Crippen LogP contribution in [0.5, 0.6) is 0 Å². The molecular formula is C13H20N2O3. The molecule has 5 heteroatoms. The highest BCUT2D eigenvalue weighted by Crippen LogP contribution is 2.23. The summed E-state index contributed by atoms with van der Waals surface area (Å²) in [5, 5.41) is 16.1. The predicted octanol–water partition coefficient (Wildman–Crippen LogP) is 1.27. The molecule has 1 amide bonds. The fourth-order valence-corrected chi connectivity index (χ4v) is 2.54. The molecule has 1 fully saturated rings. The summed E-state index contributed by atoms with van der Waals surface area (Å²) in [6.45, 7) is 0.148. The lowest BCUT2D eigenvalue weighted by Crippen LogP contribution is -2.41. The van der Waals surface area contributed by atoms with Gasteiger partial charge in [0.2, 0.25) is 5.91 Å². The summed E-state index contributed by atoms with van der Waals surface area (Å²) in [5.74, 6) is 0.142. The predicted molar refractivity (Wildman–Crippen MR) is 65.8 cm³/mol. The molecule has 0 aromatic carbocycles. The van der Waals surface area contributed by atoms with Crippen molar-refractivity contribution in [2.24, 2.45) is 5.92 Å². The first kappa shape index (κ1) is 13.1. The van der Waals surface area contributed by atoms with Gasteiger partial charge in [0.1, 0.15) is 6.26 Å². The van der Waals surface area contributed by atoms with Crippen molar-refractivity contribution >= 4 is 5.91 Å². The maximum Gasteiger partial charge on any atom is 0.226 e. The second-order valence-corrected chi connectivity index (χ2v) is 4.92. The zero-order valence-corrected chi connectivity index (χ0v) is 10.5. The third-order valence-electron chi connectivity index (χ3n) is 3.57. The number of hydrogen-bond acceptors (Lipinski definition) is 4. The Hall–Kier alpha value is -1.36. The number of amides is 1. The summed E-state index contributed by atoms with van der Waals surface area (Å²) < 4.78 is 4.70. The molecule has 1 aromatic rings. The molecule has 0 aliphatic heterocycles. The van der Waals surface area contributed by atoms with Crippen LogP contribution in [0.15, 0.2) is 16.9 Å². The number of carbonyl (C=O) groups is 1. The largest absolute Gasteiger partial charge is 0.396 e. The third kappa shape index (κ3) is 3.57. The third-order valence-corrected chi connectivity index (χ3v) is 3.57. The normalized spacial score (nSPS) is 24.5. The number of aromatic nitrogens is 1. The number of hydrogen-bond donors (Lipinski definition) is 2. The van der Waals surface area contributed by atoms with E-state index in [-0.39, 0.29) is 30.9 Å². The molecule has 1 heterocycles. The van der Waals surface area contributed by atoms with Gasteiger partial charge in [-0.15, -0.1) is 0 Å². The molecule has 0 unspecified atom stereocenters. The van der Waals surface area contributed by atoms with Gasteiger partial charge in [-0.25, -0.2) is 0 Å². The summed E-state index contributed by atoms with van der Waals surface area (Å²) in [4.78, 5) is 11.9. The van der Waals surface area contributed by atoms with Crippen molar-refractivity contribution in [3.05, 3.63) is 18.0 Å². The molecule has 1 saturated carbocycles. The molecule has 0 saturated heterocycles. The zero-order valence-electron chi connectivity index (χ0n) is 10.5. The fourth-order valence-electron chi connectivity index (χ4n) is 2.54. The molecule has 0 bridgehead atoms. The van der Waals surface area contributed by atoms with Crippen molar-refractivity contribution < 1.29 is 14.4 Å². The number of aliphatic hydroxyl groups is 1. The van der Waals surface area contributed by atoms with Crippen LogP contribution in [0.1, 0.15) is 37.8 Å². The van der Waals surface area contributed by atoms with Crippen molar-refractivity contribution in [1.82, 2.24) is 10.5 Å². The molecule has 0 spiro atoms. The summed E-state index contributed by atoms with van der Waals surface area (Å²) in [6, 6.07) is 1.79. The second-order valence-electron chi connectivity index (χ2n) is 4.92. The van der Waals surface area contributed by atoms with Gasteiger partial charge in [-0.05, 0) is 12.8 Å². The first-order valence-electron chi connectivity index (χ1n) is 6.59. The van der Waals surface area contributed by atoms with Gasteiger partial charge in [-0.2, -0.15) is 0 Å². The fraction of sp³-hybridized carbons (Fsp3) is 0.692. The number of nitrogens with one attached hydrogen (secondary N) is 1. The Kier molecular flexibility index (Phi) is 4.75. The molecule has 1 aliphatic rings. The van der Waals surface area contributed by atoms with Gasteiger partial charge in [-0.1, -0.05) is 24.4 Å². The topological polar surface area (TPSA) is 75.4 Å². The maximum atomic E-state index is 11.9. The summed E-state index contributed by atoms with van der Waals surface area (Å²) in [7, 11) is 0. The van der Waals surface area contributed by atoms with Crippen molar-refractivity contribution in [3.8, 4) is 0 Å². The minimum Gasteiger partial charge on any atom is -0.396 e. The highest BCUT2D eigenvalue weighted by molar-refractivity contribution is 5.78. The van der Waals surface area contributed by atoms with Crippen LogP contribution in [0.3, 0.4) is 0 Å². The molecule has 18 heavy (non-hydrogen) atoms. The molecule has 2 atom stereocenters. The average Bonchev–Trinajstić information content (AvgIpc) is 2.75. The lowest BCUT2D eigenvalue weighted by Gasteiger charge is -2.24. The van der Waals surface area contributed by atoms with Crippen LogP contribution in [-0.4, -0.2) is 28.8 Å². The quantitative estimate of drug-likeness (QED) is 0.791. The van der Waals surface area contributed by atoms with Crippen molar-refractivity contribution in [2.45, 2.75) is 44.6 Å². The Morgan fingerprint density at radius 1 is 1.44 bits per heavy atom. The first-order valence-corrected chi connectivity index (χ1v) is 6.59. The Morgan fingerprint density at radius 2 is 2.28 bits per heavy atom. The van der Waals surface area contributed by atoms with Crippen LogP contribution < -0.4 is 5.32 Å². The Balaban J connectivity index is 1.87. The van der Waals surface area contributed by atoms with E-state index < -0.39 is 0 Å². The van der Waals surface area contributed by atoms with E-state index in [2.05, 4.69) is 10.5 Å². The minimum absolute atomic E-state index is 0.0470. The molecule has 100 valence electrons. The van der Waals surface area contributed by atoms with Crippen LogP contribution in [0, 0.1) is 5.92 Å². The van der Waals surface area contributed by atoms with E-state index >= 15 is 0 Å².